The summed E-state index contributed by atoms with van der Waals surface area (Å²) in [5, 5.41) is 4.08. The fraction of sp³-hybridized carbons (Fsp3) is 0.714. The number of thiophene rings is 1. The molecule has 0 saturated heterocycles. The maximum absolute atomic E-state index is 13.1. The maximum atomic E-state index is 13.1. The Morgan fingerprint density at radius 2 is 0.812 bits per heavy atom. The molecule has 1 aliphatic carbocycles. The summed E-state index contributed by atoms with van der Waals surface area (Å²) in [5.41, 5.74) is 0. The number of hydrogen-bond donors (Lipinski definition) is 0. The van der Waals surface area contributed by atoms with Crippen LogP contribution in [0.1, 0.15) is 0 Å². The predicted molar refractivity (Wildman–Crippen MR) is 73.6 cm³/mol. The van der Waals surface area contributed by atoms with Crippen LogP contribution in [-0.4, -0.2) is 60.0 Å². The lowest BCUT2D eigenvalue weighted by Gasteiger charge is -2.45. The van der Waals surface area contributed by atoms with Crippen molar-refractivity contribution in [2.45, 2.75) is 60.0 Å². The molecule has 1 heterocycles. The van der Waals surface area contributed by atoms with Crippen LogP contribution in [0.5, 0.6) is 0 Å². The van der Waals surface area contributed by atoms with Crippen LogP contribution < -0.4 is 0 Å². The fourth-order valence-corrected chi connectivity index (χ4v) is 2.59. The summed E-state index contributed by atoms with van der Waals surface area (Å²) in [6, 6.07) is 4.04. The van der Waals surface area contributed by atoms with Gasteiger partial charge in [-0.2, -0.15) is 72.8 Å². The highest BCUT2D eigenvalue weighted by molar-refractivity contribution is 7.07. The van der Waals surface area contributed by atoms with Crippen molar-refractivity contribution < 1.29 is 74.6 Å². The normalized spacial score (nSPS) is 34.0. The van der Waals surface area contributed by atoms with Crippen molar-refractivity contribution >= 4 is 11.3 Å². The average Bonchev–Trinajstić information content (AvgIpc) is 3.24. The number of rotatable bonds is 0. The first-order valence-corrected chi connectivity index (χ1v) is 8.45. The van der Waals surface area contributed by atoms with E-state index in [1.807, 2.05) is 22.9 Å². The summed E-state index contributed by atoms with van der Waals surface area (Å²) < 4.78 is 222. The zero-order valence-corrected chi connectivity index (χ0v) is 15.2. The molecule has 0 amide bonds. The van der Waals surface area contributed by atoms with Gasteiger partial charge in [-0.15, -0.1) is 0 Å². The van der Waals surface area contributed by atoms with Gasteiger partial charge in [-0.1, -0.05) is 12.1 Å². The molecule has 0 radical (unpaired) electrons. The molecule has 3 unspecified atom stereocenters. The highest BCUT2D eigenvalue weighted by Gasteiger charge is 2.94. The molecule has 18 heteroatoms. The summed E-state index contributed by atoms with van der Waals surface area (Å²) in [4.78, 5) is 0. The minimum absolute atomic E-state index is 1.71. The van der Waals surface area contributed by atoms with Crippen molar-refractivity contribution in [1.82, 2.24) is 0 Å². The van der Waals surface area contributed by atoms with Gasteiger partial charge >= 0.3 is 41.5 Å². The molecule has 0 aromatic carbocycles. The van der Waals surface area contributed by atoms with Crippen molar-refractivity contribution in [2.75, 3.05) is 0 Å². The van der Waals surface area contributed by atoms with E-state index >= 15 is 0 Å². The molecule has 1 saturated carbocycles. The van der Waals surface area contributed by atoms with Crippen LogP contribution in [0.15, 0.2) is 22.9 Å². The molecule has 0 aliphatic heterocycles. The van der Waals surface area contributed by atoms with Crippen molar-refractivity contribution in [3.05, 3.63) is 22.9 Å². The Bertz CT molecular complexity index is 738. The third kappa shape index (κ3) is 3.69. The highest BCUT2D eigenvalue weighted by atomic mass is 32.1. The van der Waals surface area contributed by atoms with Crippen LogP contribution in [-0.2, 0) is 0 Å². The van der Waals surface area contributed by atoms with Gasteiger partial charge in [0.2, 0.25) is 18.5 Å². The van der Waals surface area contributed by atoms with Crippen LogP contribution in [0.4, 0.5) is 74.6 Å². The van der Waals surface area contributed by atoms with Crippen LogP contribution >= 0.6 is 11.3 Å². The zero-order chi connectivity index (χ0) is 25.8. The summed E-state index contributed by atoms with van der Waals surface area (Å²) in [5.74, 6) is -55.3. The Morgan fingerprint density at radius 3 is 1.12 bits per heavy atom. The largest absolute Gasteiger partial charge is 0.384 e. The summed E-state index contributed by atoms with van der Waals surface area (Å²) in [7, 11) is 0. The van der Waals surface area contributed by atoms with Crippen LogP contribution in [0.2, 0.25) is 0 Å². The Balaban J connectivity index is 0.000000894. The molecular weight excluding hydrogens is 523 g/mol. The van der Waals surface area contributed by atoms with Gasteiger partial charge in [0.05, 0.1) is 0 Å². The summed E-state index contributed by atoms with van der Waals surface area (Å²) >= 11 is 1.71. The fourth-order valence-electron chi connectivity index (χ4n) is 2.13. The summed E-state index contributed by atoms with van der Waals surface area (Å²) in [6.07, 6.45) is -18.1. The van der Waals surface area contributed by atoms with Gasteiger partial charge in [-0.3, -0.25) is 0 Å². The lowest BCUT2D eigenvalue weighted by Crippen LogP contribution is -2.76. The molecule has 32 heavy (non-hydrogen) atoms. The van der Waals surface area contributed by atoms with Crippen LogP contribution in [0.25, 0.3) is 0 Å². The third-order valence-electron chi connectivity index (χ3n) is 4.07. The molecule has 0 bridgehead atoms. The van der Waals surface area contributed by atoms with Crippen LogP contribution in [0.3, 0.4) is 0 Å². The van der Waals surface area contributed by atoms with E-state index in [0.717, 1.165) is 0 Å². The van der Waals surface area contributed by atoms with E-state index in [0.29, 0.717) is 0 Å². The van der Waals surface area contributed by atoms with E-state index in [4.69, 9.17) is 0 Å². The van der Waals surface area contributed by atoms with Gasteiger partial charge in [0, 0.05) is 0 Å². The second-order valence-electron chi connectivity index (χ2n) is 6.18. The Labute approximate surface area is 170 Å². The second-order valence-corrected chi connectivity index (χ2v) is 6.99. The minimum atomic E-state index is -8.33. The molecule has 3 atom stereocenters. The molecule has 0 nitrogen and oxygen atoms in total. The van der Waals surface area contributed by atoms with E-state index < -0.39 is 60.0 Å². The molecular formula is C14H7F17S. The minimum Gasteiger partial charge on any atom is -0.237 e. The van der Waals surface area contributed by atoms with Crippen molar-refractivity contribution in [1.29, 1.82) is 0 Å². The average molecular weight is 530 g/mol. The Kier molecular flexibility index (Phi) is 7.20. The summed E-state index contributed by atoms with van der Waals surface area (Å²) in [6.45, 7) is 0. The van der Waals surface area contributed by atoms with E-state index in [2.05, 4.69) is 0 Å². The Hall–Kier alpha value is -1.49. The van der Waals surface area contributed by atoms with Gasteiger partial charge in [0.25, 0.3) is 0 Å². The molecule has 1 aromatic rings. The van der Waals surface area contributed by atoms with Crippen molar-refractivity contribution in [3.63, 3.8) is 0 Å². The molecule has 1 aromatic heterocycles. The lowest BCUT2D eigenvalue weighted by molar-refractivity contribution is -0.446. The molecule has 2 rings (SSSR count). The standard InChI is InChI=1S/C10H3F17.C4H4S/c11-1-2(12)5(16,17)7(20,21)9(24,25)10(26,27)8(22,23)6(18,19)3(13)4(1,14)15;1-2-4-5-3-1/h1-3H;1-4H. The monoisotopic (exact) mass is 530 g/mol. The second kappa shape index (κ2) is 8.07. The topological polar surface area (TPSA) is 0 Å². The molecule has 1 fully saturated rings. The van der Waals surface area contributed by atoms with E-state index in [-0.39, 0.29) is 0 Å². The zero-order valence-electron chi connectivity index (χ0n) is 14.4. The van der Waals surface area contributed by atoms with Gasteiger partial charge in [0.15, 0.2) is 0 Å². The maximum Gasteiger partial charge on any atom is 0.384 e. The first kappa shape index (κ1) is 28.5. The number of halogens is 17. The van der Waals surface area contributed by atoms with Crippen molar-refractivity contribution in [3.8, 4) is 0 Å². The SMILES string of the molecule is FC1C(F)C(F)(F)C(F)(F)C(F)(F)C(F)(F)C(F)(F)C(F)(F)C(F)C1(F)F.c1ccsc1. The van der Waals surface area contributed by atoms with Gasteiger partial charge in [0.1, 0.15) is 0 Å². The smallest absolute Gasteiger partial charge is 0.237 e. The molecule has 188 valence electrons. The quantitative estimate of drug-likeness (QED) is 0.311. The molecule has 0 N–H and O–H groups in total. The van der Waals surface area contributed by atoms with Crippen molar-refractivity contribution in [2.24, 2.45) is 0 Å². The number of hydrogen-bond acceptors (Lipinski definition) is 1. The lowest BCUT2D eigenvalue weighted by atomic mass is 9.82. The van der Waals surface area contributed by atoms with E-state index in [1.165, 1.54) is 0 Å². The molecule has 0 spiro atoms. The van der Waals surface area contributed by atoms with E-state index in [9.17, 15) is 74.6 Å². The Morgan fingerprint density at radius 1 is 0.469 bits per heavy atom. The molecule has 1 aliphatic rings. The van der Waals surface area contributed by atoms with Gasteiger partial charge in [-0.25, -0.2) is 13.2 Å². The highest BCUT2D eigenvalue weighted by Crippen LogP contribution is 2.63. The van der Waals surface area contributed by atoms with E-state index in [1.54, 1.807) is 11.3 Å². The third-order valence-corrected chi connectivity index (χ3v) is 4.70. The van der Waals surface area contributed by atoms with Gasteiger partial charge < -0.3 is 0 Å². The van der Waals surface area contributed by atoms with Crippen LogP contribution in [0, 0.1) is 0 Å². The first-order valence-electron chi connectivity index (χ1n) is 7.51. The number of alkyl halides is 17. The predicted octanol–water partition coefficient (Wildman–Crippen LogP) is 7.21. The van der Waals surface area contributed by atoms with Gasteiger partial charge in [-0.05, 0) is 10.8 Å². The first-order chi connectivity index (χ1) is 14.0.